The largest absolute Gasteiger partial charge is 0.478 e. The van der Waals surface area contributed by atoms with Crippen molar-refractivity contribution < 1.29 is 88.9 Å². The molecule has 0 spiro atoms. The number of carbonyl (C=O) groups excluding carboxylic acids is 2. The van der Waals surface area contributed by atoms with Crippen LogP contribution in [0.15, 0.2) is 65.2 Å². The second-order valence-electron chi connectivity index (χ2n) is 13.9. The first-order chi connectivity index (χ1) is 29.2. The maximum Gasteiger partial charge on any atom is 0.336 e. The van der Waals surface area contributed by atoms with E-state index in [2.05, 4.69) is 10.6 Å². The second-order valence-corrected chi connectivity index (χ2v) is 21.6. The van der Waals surface area contributed by atoms with Crippen molar-refractivity contribution in [2.24, 2.45) is 0 Å². The zero-order chi connectivity index (χ0) is 49.0. The van der Waals surface area contributed by atoms with E-state index in [0.29, 0.717) is 11.4 Å². The number of carbonyl (C=O) groups is 3. The maximum absolute atomic E-state index is 13.3. The Bertz CT molecular complexity index is 2820. The number of carboxylic acid groups (broad SMARTS) is 1. The number of amides is 2. The van der Waals surface area contributed by atoms with Crippen molar-refractivity contribution in [2.75, 3.05) is 54.1 Å². The molecule has 0 saturated heterocycles. The van der Waals surface area contributed by atoms with Gasteiger partial charge >= 0.3 is 5.97 Å². The number of hydrogen-bond acceptors (Lipinski definition) is 14. The Labute approximate surface area is 371 Å². The van der Waals surface area contributed by atoms with Crippen LogP contribution in [0.5, 0.6) is 0 Å². The Kier molecular flexibility index (Phi) is 19.7. The normalized spacial score (nSPS) is 13.5. The highest BCUT2D eigenvalue weighted by Gasteiger charge is 2.26. The molecule has 0 heterocycles. The third-order valence-corrected chi connectivity index (χ3v) is 12.8. The fraction of sp³-hybridized carbons (Fsp3) is 0.389. The van der Waals surface area contributed by atoms with Gasteiger partial charge in [-0.3, -0.25) is 32.4 Å². The summed E-state index contributed by atoms with van der Waals surface area (Å²) in [6.07, 6.45) is 6.97. The molecule has 2 aromatic rings. The van der Waals surface area contributed by atoms with Crippen molar-refractivity contribution in [3.63, 3.8) is 0 Å². The van der Waals surface area contributed by atoms with Crippen molar-refractivity contribution in [1.82, 2.24) is 10.6 Å². The summed E-state index contributed by atoms with van der Waals surface area (Å²) in [5.74, 6) is -6.50. The summed E-state index contributed by atoms with van der Waals surface area (Å²) < 4.78 is 164. The lowest BCUT2D eigenvalue weighted by atomic mass is 10.00. The zero-order valence-electron chi connectivity index (χ0n) is 34.7. The lowest BCUT2D eigenvalue weighted by Gasteiger charge is -2.28. The number of rotatable bonds is 24. The summed E-state index contributed by atoms with van der Waals surface area (Å²) in [6.45, 7) is 4.41. The van der Waals surface area contributed by atoms with E-state index in [0.717, 1.165) is 18.2 Å². The number of nitrogens with one attached hydrogen (secondary N) is 2. The molecule has 2 amide bonds. The average molecular weight is 1000 g/mol. The second kappa shape index (κ2) is 22.8. The van der Waals surface area contributed by atoms with E-state index in [1.165, 1.54) is 66.7 Å². The van der Waals surface area contributed by atoms with E-state index < -0.39 is 115 Å². The zero-order valence-corrected chi connectivity index (χ0v) is 38.8. The van der Waals surface area contributed by atoms with Crippen molar-refractivity contribution in [1.29, 1.82) is 0 Å². The van der Waals surface area contributed by atoms with E-state index >= 15 is 0 Å². The highest BCUT2D eigenvalue weighted by atomic mass is 32.2. The molecular formula is C36H49N4O19S5+. The third-order valence-electron chi connectivity index (χ3n) is 8.96. The van der Waals surface area contributed by atoms with E-state index in [1.54, 1.807) is 6.92 Å². The van der Waals surface area contributed by atoms with Gasteiger partial charge in [-0.25, -0.2) is 4.79 Å². The van der Waals surface area contributed by atoms with Gasteiger partial charge in [-0.2, -0.15) is 46.7 Å². The molecule has 0 fully saturated rings. The molecule has 23 nitrogen and oxygen atoms in total. The van der Waals surface area contributed by atoms with Gasteiger partial charge in [-0.05, 0) is 57.0 Å². The fourth-order valence-corrected chi connectivity index (χ4v) is 8.11. The summed E-state index contributed by atoms with van der Waals surface area (Å²) in [7, 11) is -22.8. The molecule has 0 bridgehead atoms. The fourth-order valence-electron chi connectivity index (χ4n) is 5.87. The molecule has 2 aromatic carbocycles. The number of benzene rings is 2. The van der Waals surface area contributed by atoms with Gasteiger partial charge in [0.2, 0.25) is 5.69 Å². The Hall–Kier alpha value is -4.91. The van der Waals surface area contributed by atoms with Gasteiger partial charge in [0, 0.05) is 73.2 Å². The van der Waals surface area contributed by atoms with Crippen LogP contribution >= 0.6 is 0 Å². The third kappa shape index (κ3) is 19.1. The lowest BCUT2D eigenvalue weighted by Crippen LogP contribution is -2.31. The Morgan fingerprint density at radius 3 is 1.70 bits per heavy atom. The molecule has 28 heteroatoms. The predicted octanol–water partition coefficient (Wildman–Crippen LogP) is 1.67. The van der Waals surface area contributed by atoms with Crippen LogP contribution in [0.2, 0.25) is 0 Å². The van der Waals surface area contributed by atoms with E-state index in [4.69, 9.17) is 9.11 Å². The molecule has 64 heavy (non-hydrogen) atoms. The van der Waals surface area contributed by atoms with Crippen LogP contribution in [0.4, 0.5) is 11.4 Å². The molecule has 2 rings (SSSR count). The highest BCUT2D eigenvalue weighted by molar-refractivity contribution is 7.86. The Balaban J connectivity index is 2.77. The minimum Gasteiger partial charge on any atom is -0.478 e. The van der Waals surface area contributed by atoms with Gasteiger partial charge in [0.15, 0.2) is 5.71 Å². The van der Waals surface area contributed by atoms with Crippen molar-refractivity contribution in [2.45, 2.75) is 45.4 Å². The summed E-state index contributed by atoms with van der Waals surface area (Å²) in [4.78, 5) is 39.2. The molecule has 8 N–H and O–H groups in total. The molecule has 0 saturated carbocycles. The van der Waals surface area contributed by atoms with Gasteiger partial charge in [-0.1, -0.05) is 18.2 Å². The van der Waals surface area contributed by atoms with Gasteiger partial charge < -0.3 is 20.6 Å². The number of nitrogens with zero attached hydrogens (tertiary/aromatic N) is 2. The SMILES string of the molecule is CC(/C=C/C=C/C=C(\C)N(CCCS(=O)(=O)O)c1cc(S(=O)(=O)O)cc(C(=O)O)c1C)=[N+](CCCS(=O)(=O)O)c1cc(C(=O)NCCS(=O)(=O)O)cc(C(=O)NCCS(=O)(=O)O)c1C. The predicted molar refractivity (Wildman–Crippen MR) is 234 cm³/mol. The van der Waals surface area contributed by atoms with Crippen molar-refractivity contribution in [3.8, 4) is 0 Å². The molecule has 0 aliphatic heterocycles. The van der Waals surface area contributed by atoms with E-state index in [-0.39, 0.29) is 59.6 Å². The van der Waals surface area contributed by atoms with Crippen LogP contribution in [0.25, 0.3) is 0 Å². The van der Waals surface area contributed by atoms with Crippen LogP contribution in [0.1, 0.15) is 68.9 Å². The van der Waals surface area contributed by atoms with Gasteiger partial charge in [0.05, 0.1) is 33.5 Å². The molecule has 0 radical (unpaired) electrons. The monoisotopic (exact) mass is 1000 g/mol. The summed E-state index contributed by atoms with van der Waals surface area (Å²) >= 11 is 0. The Morgan fingerprint density at radius 1 is 0.656 bits per heavy atom. The first-order valence-corrected chi connectivity index (χ1v) is 26.4. The molecular weight excluding hydrogens is 953 g/mol. The van der Waals surface area contributed by atoms with Crippen molar-refractivity contribution in [3.05, 3.63) is 88.2 Å². The Morgan fingerprint density at radius 2 is 1.19 bits per heavy atom. The minimum atomic E-state index is -4.92. The smallest absolute Gasteiger partial charge is 0.336 e. The number of aromatic carboxylic acids is 1. The van der Waals surface area contributed by atoms with Gasteiger partial charge in [0.25, 0.3) is 62.4 Å². The first-order valence-electron chi connectivity index (χ1n) is 18.5. The summed E-state index contributed by atoms with van der Waals surface area (Å²) in [6, 6.07) is 4.14. The number of hydrogen-bond donors (Lipinski definition) is 8. The summed E-state index contributed by atoms with van der Waals surface area (Å²) in [5.41, 5.74) is 0.0232. The van der Waals surface area contributed by atoms with Crippen molar-refractivity contribution >= 4 is 85.5 Å². The van der Waals surface area contributed by atoms with E-state index in [9.17, 15) is 75.2 Å². The number of carboxylic acids is 1. The average Bonchev–Trinajstić information content (AvgIpc) is 3.12. The van der Waals surface area contributed by atoms with Crippen LogP contribution < -0.4 is 15.5 Å². The number of anilines is 1. The quantitative estimate of drug-likeness (QED) is 0.0321. The lowest BCUT2D eigenvalue weighted by molar-refractivity contribution is -0.440. The molecule has 0 aromatic heterocycles. The minimum absolute atomic E-state index is 0.0264. The number of allylic oxidation sites excluding steroid dienone is 6. The van der Waals surface area contributed by atoms with Gasteiger partial charge in [0.1, 0.15) is 6.54 Å². The molecule has 0 unspecified atom stereocenters. The van der Waals surface area contributed by atoms with E-state index in [1.807, 2.05) is 0 Å². The molecule has 0 atom stereocenters. The standard InChI is InChI=1S/C36H48N4O19S5/c1-24(10-6-5-7-11-25(2)40(15-9-17-61(48,49)50)33-23-29(64(57,58)59)22-31(27(33)4)36(43)44)39(14-8-16-60(45,46)47)32-21-28(34(41)37-12-18-62(51,52)53)20-30(26(32)3)35(42)38-13-19-63(54,55)56/h5-7,10-11,20-23H,8-9,12-19H2,1-4H3,(H7-,37,38,41,42,43,44,45,46,47,48,49,50,51,52,53,54,55,56,57,58,59)/p+1. The van der Waals surface area contributed by atoms with Crippen LogP contribution in [-0.4, -0.2) is 147 Å². The van der Waals surface area contributed by atoms with Crippen LogP contribution in [0.3, 0.4) is 0 Å². The first kappa shape index (κ1) is 55.2. The molecule has 0 aliphatic carbocycles. The summed E-state index contributed by atoms with van der Waals surface area (Å²) in [5, 5.41) is 14.3. The molecule has 356 valence electrons. The van der Waals surface area contributed by atoms with Crippen LogP contribution in [0, 0.1) is 13.8 Å². The van der Waals surface area contributed by atoms with Gasteiger partial charge in [-0.15, -0.1) is 0 Å². The highest BCUT2D eigenvalue weighted by Crippen LogP contribution is 2.31. The maximum atomic E-state index is 13.3. The van der Waals surface area contributed by atoms with Crippen LogP contribution in [-0.2, 0) is 50.6 Å². The molecule has 0 aliphatic rings. The topological polar surface area (TPSA) is 374 Å².